The molecule has 0 N–H and O–H groups in total. The smallest absolute Gasteiger partial charge is 0.140 e. The molecule has 3 heteroatoms. The first-order valence-corrected chi connectivity index (χ1v) is 15.4. The monoisotopic (exact) mass is 567 g/mol. The minimum Gasteiger partial charge on any atom is -0.456 e. The van der Waals surface area contributed by atoms with Crippen molar-refractivity contribution in [3.63, 3.8) is 0 Å². The van der Waals surface area contributed by atoms with Gasteiger partial charge in [-0.2, -0.15) is 0 Å². The summed E-state index contributed by atoms with van der Waals surface area (Å²) in [7, 11) is 0. The number of rotatable bonds is 3. The average molecular weight is 568 g/mol. The Morgan fingerprint density at radius 3 is 1.84 bits per heavy atom. The van der Waals surface area contributed by atoms with E-state index in [4.69, 9.17) is 9.72 Å². The highest BCUT2D eigenvalue weighted by Crippen LogP contribution is 2.63. The van der Waals surface area contributed by atoms with E-state index in [0.717, 1.165) is 33.9 Å². The minimum absolute atomic E-state index is 0.454. The average Bonchev–Trinajstić information content (AvgIpc) is 3.68. The lowest BCUT2D eigenvalue weighted by Crippen LogP contribution is -2.32. The van der Waals surface area contributed by atoms with Gasteiger partial charge in [0.05, 0.1) is 11.1 Å². The van der Waals surface area contributed by atoms with E-state index < -0.39 is 5.41 Å². The fourth-order valence-electron chi connectivity index (χ4n) is 7.03. The molecule has 1 spiro atoms. The lowest BCUT2D eigenvalue weighted by atomic mass is 9.66. The summed E-state index contributed by atoms with van der Waals surface area (Å²) < 4.78 is 6.85. The molecule has 3 heterocycles. The quantitative estimate of drug-likeness (QED) is 0.212. The SMILES string of the molecule is c1ccc(-c2ccc(-c3ccc(-c4cccc5c4Oc4ccccc4C54c5ccccc5-c5ccccc54)s3)cn2)cc1. The summed E-state index contributed by atoms with van der Waals surface area (Å²) in [6.45, 7) is 0. The number of benzene rings is 5. The van der Waals surface area contributed by atoms with E-state index in [1.54, 1.807) is 11.3 Å². The molecule has 0 atom stereocenters. The molecule has 2 nitrogen and oxygen atoms in total. The van der Waals surface area contributed by atoms with E-state index in [-0.39, 0.29) is 0 Å². The molecule has 0 fully saturated rings. The number of aromatic nitrogens is 1. The van der Waals surface area contributed by atoms with Crippen LogP contribution in [-0.2, 0) is 5.41 Å². The van der Waals surface area contributed by atoms with E-state index in [0.29, 0.717) is 0 Å². The zero-order chi connectivity index (χ0) is 28.4. The van der Waals surface area contributed by atoms with Gasteiger partial charge in [0.15, 0.2) is 0 Å². The van der Waals surface area contributed by atoms with Gasteiger partial charge in [0, 0.05) is 43.8 Å². The first-order valence-electron chi connectivity index (χ1n) is 14.5. The Labute approximate surface area is 254 Å². The molecular formula is C40H25NOS. The molecule has 2 aliphatic rings. The van der Waals surface area contributed by atoms with Gasteiger partial charge in [0.1, 0.15) is 11.5 Å². The third kappa shape index (κ3) is 3.49. The highest BCUT2D eigenvalue weighted by Gasteiger charge is 2.51. The van der Waals surface area contributed by atoms with Crippen LogP contribution in [0, 0.1) is 0 Å². The summed E-state index contributed by atoms with van der Waals surface area (Å²) in [5.74, 6) is 1.84. The van der Waals surface area contributed by atoms with Crippen molar-refractivity contribution in [2.75, 3.05) is 0 Å². The Morgan fingerprint density at radius 1 is 0.465 bits per heavy atom. The van der Waals surface area contributed by atoms with Crippen molar-refractivity contribution in [1.29, 1.82) is 0 Å². The number of nitrogens with zero attached hydrogens (tertiary/aromatic N) is 1. The number of hydrogen-bond acceptors (Lipinski definition) is 3. The van der Waals surface area contributed by atoms with Crippen LogP contribution >= 0.6 is 11.3 Å². The molecule has 0 saturated heterocycles. The van der Waals surface area contributed by atoms with E-state index >= 15 is 0 Å². The second kappa shape index (κ2) is 9.38. The zero-order valence-corrected chi connectivity index (χ0v) is 24.0. The van der Waals surface area contributed by atoms with Crippen LogP contribution < -0.4 is 4.74 Å². The molecule has 0 radical (unpaired) electrons. The fraction of sp³-hybridized carbons (Fsp3) is 0.0250. The molecule has 1 aliphatic carbocycles. The van der Waals surface area contributed by atoms with Gasteiger partial charge in [-0.05, 0) is 58.7 Å². The predicted octanol–water partition coefficient (Wildman–Crippen LogP) is 10.6. The second-order valence-electron chi connectivity index (χ2n) is 11.1. The summed E-state index contributed by atoms with van der Waals surface area (Å²) in [5.41, 5.74) is 11.4. The van der Waals surface area contributed by atoms with Gasteiger partial charge in [0.25, 0.3) is 0 Å². The third-order valence-corrected chi connectivity index (χ3v) is 10.0. The highest BCUT2D eigenvalue weighted by atomic mass is 32.1. The van der Waals surface area contributed by atoms with Crippen molar-refractivity contribution in [3.05, 3.63) is 174 Å². The molecule has 0 unspecified atom stereocenters. The molecule has 202 valence electrons. The van der Waals surface area contributed by atoms with Gasteiger partial charge < -0.3 is 4.74 Å². The van der Waals surface area contributed by atoms with Gasteiger partial charge in [-0.1, -0.05) is 109 Å². The molecular weight excluding hydrogens is 543 g/mol. The second-order valence-corrected chi connectivity index (χ2v) is 12.2. The van der Waals surface area contributed by atoms with Crippen LogP contribution in [0.1, 0.15) is 22.3 Å². The summed E-state index contributed by atoms with van der Waals surface area (Å²) >= 11 is 1.78. The van der Waals surface area contributed by atoms with E-state index in [9.17, 15) is 0 Å². The van der Waals surface area contributed by atoms with Crippen LogP contribution in [-0.4, -0.2) is 4.98 Å². The van der Waals surface area contributed by atoms with Gasteiger partial charge in [0.2, 0.25) is 0 Å². The van der Waals surface area contributed by atoms with Crippen LogP contribution in [0.3, 0.4) is 0 Å². The van der Waals surface area contributed by atoms with Crippen molar-refractivity contribution in [3.8, 4) is 54.8 Å². The van der Waals surface area contributed by atoms with Crippen LogP contribution in [0.25, 0.3) is 43.3 Å². The number of fused-ring (bicyclic) bond motifs is 9. The number of hydrogen-bond donors (Lipinski definition) is 0. The maximum absolute atomic E-state index is 6.85. The Hall–Kier alpha value is -5.25. The minimum atomic E-state index is -0.454. The van der Waals surface area contributed by atoms with Crippen LogP contribution in [0.5, 0.6) is 11.5 Å². The van der Waals surface area contributed by atoms with Crippen molar-refractivity contribution in [1.82, 2.24) is 4.98 Å². The van der Waals surface area contributed by atoms with E-state index in [1.807, 2.05) is 24.4 Å². The van der Waals surface area contributed by atoms with Crippen molar-refractivity contribution in [2.45, 2.75) is 5.41 Å². The zero-order valence-electron chi connectivity index (χ0n) is 23.2. The van der Waals surface area contributed by atoms with Gasteiger partial charge in [-0.25, -0.2) is 0 Å². The van der Waals surface area contributed by atoms with E-state index in [2.05, 4.69) is 127 Å². The lowest BCUT2D eigenvalue weighted by molar-refractivity contribution is 0.438. The van der Waals surface area contributed by atoms with Crippen molar-refractivity contribution in [2.24, 2.45) is 0 Å². The topological polar surface area (TPSA) is 22.1 Å². The number of thiophene rings is 1. The lowest BCUT2D eigenvalue weighted by Gasteiger charge is -2.40. The fourth-order valence-corrected chi connectivity index (χ4v) is 8.05. The standard InChI is InChI=1S/C40H25NOS/c1-2-11-26(12-3-1)35-22-21-27(25-41-35)37-23-24-38(43-37)30-15-10-19-34-39(30)42-36-20-9-8-18-33(36)40(34)31-16-6-4-13-28(31)29-14-5-7-17-32(29)40/h1-25H. The molecule has 7 aromatic rings. The predicted molar refractivity (Wildman–Crippen MR) is 176 cm³/mol. The number of para-hydroxylation sites is 2. The van der Waals surface area contributed by atoms with E-state index in [1.165, 1.54) is 43.1 Å². The molecule has 9 rings (SSSR count). The Morgan fingerprint density at radius 2 is 1.09 bits per heavy atom. The summed E-state index contributed by atoms with van der Waals surface area (Å²) in [6, 6.07) is 51.9. The Balaban J connectivity index is 1.21. The molecule has 1 aliphatic heterocycles. The molecule has 0 saturated carbocycles. The number of ether oxygens (including phenoxy) is 1. The van der Waals surface area contributed by atoms with Crippen molar-refractivity contribution < 1.29 is 4.74 Å². The normalized spacial score (nSPS) is 13.5. The summed E-state index contributed by atoms with van der Waals surface area (Å²) in [6.07, 6.45) is 1.98. The van der Waals surface area contributed by atoms with Crippen molar-refractivity contribution >= 4 is 11.3 Å². The van der Waals surface area contributed by atoms with Crippen LogP contribution in [0.4, 0.5) is 0 Å². The first-order chi connectivity index (χ1) is 21.3. The summed E-state index contributed by atoms with van der Waals surface area (Å²) in [4.78, 5) is 7.13. The maximum Gasteiger partial charge on any atom is 0.140 e. The highest BCUT2D eigenvalue weighted by molar-refractivity contribution is 7.18. The molecule has 5 aromatic carbocycles. The largest absolute Gasteiger partial charge is 0.456 e. The first kappa shape index (κ1) is 24.4. The molecule has 43 heavy (non-hydrogen) atoms. The van der Waals surface area contributed by atoms with Gasteiger partial charge in [-0.3, -0.25) is 4.98 Å². The van der Waals surface area contributed by atoms with Gasteiger partial charge in [-0.15, -0.1) is 11.3 Å². The number of pyridine rings is 1. The molecule has 2 aromatic heterocycles. The Bertz CT molecular complexity index is 2110. The third-order valence-electron chi connectivity index (χ3n) is 8.86. The van der Waals surface area contributed by atoms with Gasteiger partial charge >= 0.3 is 0 Å². The Kier molecular flexibility index (Phi) is 5.32. The molecule has 0 bridgehead atoms. The maximum atomic E-state index is 6.85. The molecule has 0 amide bonds. The van der Waals surface area contributed by atoms with Crippen LogP contribution in [0.15, 0.2) is 152 Å². The van der Waals surface area contributed by atoms with Crippen LogP contribution in [0.2, 0.25) is 0 Å². The summed E-state index contributed by atoms with van der Waals surface area (Å²) in [5, 5.41) is 0.